The molecule has 0 unspecified atom stereocenters. The van der Waals surface area contributed by atoms with Gasteiger partial charge in [0.25, 0.3) is 0 Å². The molecule has 1 N–H and O–H groups in total. The second-order valence-electron chi connectivity index (χ2n) is 5.23. The van der Waals surface area contributed by atoms with E-state index >= 15 is 0 Å². The van der Waals surface area contributed by atoms with E-state index in [1.54, 1.807) is 24.5 Å². The summed E-state index contributed by atoms with van der Waals surface area (Å²) in [6, 6.07) is 0. The molecule has 0 saturated carbocycles. The van der Waals surface area contributed by atoms with E-state index in [2.05, 4.69) is 28.6 Å². The van der Waals surface area contributed by atoms with Gasteiger partial charge in [0.1, 0.15) is 5.60 Å². The molecule has 1 heterocycles. The van der Waals surface area contributed by atoms with E-state index in [1.165, 1.54) is 0 Å². The maximum atomic E-state index is 9.48. The first-order chi connectivity index (χ1) is 10.0. The molecule has 1 aromatic heterocycles. The van der Waals surface area contributed by atoms with E-state index in [-0.39, 0.29) is 6.61 Å². The Morgan fingerprint density at radius 3 is 2.86 bits per heavy atom. The van der Waals surface area contributed by atoms with Gasteiger partial charge in [-0.1, -0.05) is 18.8 Å². The first kappa shape index (κ1) is 17.9. The molecule has 0 spiro atoms. The van der Waals surface area contributed by atoms with Crippen LogP contribution in [0.3, 0.4) is 0 Å². The van der Waals surface area contributed by atoms with Crippen LogP contribution >= 0.6 is 11.3 Å². The van der Waals surface area contributed by atoms with Gasteiger partial charge in [-0.05, 0) is 32.0 Å². The summed E-state index contributed by atoms with van der Waals surface area (Å²) < 4.78 is 5.24. The summed E-state index contributed by atoms with van der Waals surface area (Å²) in [6.07, 6.45) is 1.78. The second kappa shape index (κ2) is 8.96. The van der Waals surface area contributed by atoms with E-state index in [9.17, 15) is 5.11 Å². The average molecular weight is 308 g/mol. The standard InChI is InChI=1S/C16H24N2O2S/c1-5-18(10-15-12-21-13-17-15)9-14(11-19)7-6-8-16(2,3)20-4/h7,12-13,19H,5,9-11H2,1-4H3/b14-7+. The Balaban J connectivity index is 2.66. The van der Waals surface area contributed by atoms with Crippen molar-refractivity contribution in [3.05, 3.63) is 28.2 Å². The van der Waals surface area contributed by atoms with Gasteiger partial charge in [0.15, 0.2) is 0 Å². The summed E-state index contributed by atoms with van der Waals surface area (Å²) in [5.74, 6) is 6.00. The lowest BCUT2D eigenvalue weighted by atomic mass is 10.1. The summed E-state index contributed by atoms with van der Waals surface area (Å²) in [6.45, 7) is 8.30. The lowest BCUT2D eigenvalue weighted by molar-refractivity contribution is 0.0742. The summed E-state index contributed by atoms with van der Waals surface area (Å²) in [5, 5.41) is 11.5. The summed E-state index contributed by atoms with van der Waals surface area (Å²) in [5.41, 5.74) is 3.32. The predicted molar refractivity (Wildman–Crippen MR) is 87.1 cm³/mol. The number of aliphatic hydroxyl groups excluding tert-OH is 1. The van der Waals surface area contributed by atoms with Crippen molar-refractivity contribution < 1.29 is 9.84 Å². The molecule has 0 aromatic carbocycles. The van der Waals surface area contributed by atoms with Crippen LogP contribution in [0.4, 0.5) is 0 Å². The second-order valence-corrected chi connectivity index (χ2v) is 5.95. The van der Waals surface area contributed by atoms with Crippen molar-refractivity contribution >= 4 is 11.3 Å². The van der Waals surface area contributed by atoms with Gasteiger partial charge in [0.05, 0.1) is 17.8 Å². The number of allylic oxidation sites excluding steroid dienone is 1. The van der Waals surface area contributed by atoms with E-state index < -0.39 is 5.60 Å². The Bertz CT molecular complexity index is 498. The van der Waals surface area contributed by atoms with Crippen LogP contribution in [0.25, 0.3) is 0 Å². The van der Waals surface area contributed by atoms with Crippen molar-refractivity contribution in [1.29, 1.82) is 0 Å². The average Bonchev–Trinajstić information content (AvgIpc) is 2.98. The molecule has 5 heteroatoms. The largest absolute Gasteiger partial charge is 0.392 e. The summed E-state index contributed by atoms with van der Waals surface area (Å²) >= 11 is 1.60. The van der Waals surface area contributed by atoms with Crippen LogP contribution < -0.4 is 0 Å². The first-order valence-corrected chi connectivity index (χ1v) is 7.91. The Morgan fingerprint density at radius 2 is 2.33 bits per heavy atom. The molecule has 21 heavy (non-hydrogen) atoms. The van der Waals surface area contributed by atoms with Crippen LogP contribution in [-0.2, 0) is 11.3 Å². The van der Waals surface area contributed by atoms with Gasteiger partial charge in [0.2, 0.25) is 0 Å². The molecule has 0 radical (unpaired) electrons. The van der Waals surface area contributed by atoms with Crippen LogP contribution in [0.2, 0.25) is 0 Å². The lowest BCUT2D eigenvalue weighted by Crippen LogP contribution is -2.26. The van der Waals surface area contributed by atoms with Crippen molar-refractivity contribution in [3.8, 4) is 11.8 Å². The number of rotatable bonds is 7. The van der Waals surface area contributed by atoms with Crippen LogP contribution in [0.1, 0.15) is 26.5 Å². The molecule has 4 nitrogen and oxygen atoms in total. The minimum absolute atomic E-state index is 0.00958. The molecule has 0 saturated heterocycles. The molecule has 0 aliphatic heterocycles. The minimum Gasteiger partial charge on any atom is -0.392 e. The van der Waals surface area contributed by atoms with E-state index in [0.29, 0.717) is 6.54 Å². The number of hydrogen-bond donors (Lipinski definition) is 1. The van der Waals surface area contributed by atoms with Crippen molar-refractivity contribution in [3.63, 3.8) is 0 Å². The highest BCUT2D eigenvalue weighted by Crippen LogP contribution is 2.08. The summed E-state index contributed by atoms with van der Waals surface area (Å²) in [7, 11) is 1.64. The van der Waals surface area contributed by atoms with Gasteiger partial charge in [0, 0.05) is 25.6 Å². The molecule has 0 aliphatic carbocycles. The van der Waals surface area contributed by atoms with Crippen LogP contribution in [-0.4, -0.2) is 47.4 Å². The normalized spacial score (nSPS) is 12.4. The summed E-state index contributed by atoms with van der Waals surface area (Å²) in [4.78, 5) is 6.52. The predicted octanol–water partition coefficient (Wildman–Crippen LogP) is 2.31. The molecular formula is C16H24N2O2S. The third-order valence-electron chi connectivity index (χ3n) is 3.11. The number of nitrogens with zero attached hydrogens (tertiary/aromatic N) is 2. The Hall–Kier alpha value is -1.19. The quantitative estimate of drug-likeness (QED) is 0.785. The van der Waals surface area contributed by atoms with Gasteiger partial charge >= 0.3 is 0 Å². The van der Waals surface area contributed by atoms with E-state index in [1.807, 2.05) is 24.7 Å². The Labute approximate surface area is 131 Å². The fraction of sp³-hybridized carbons (Fsp3) is 0.562. The number of ether oxygens (including phenoxy) is 1. The number of hydrogen-bond acceptors (Lipinski definition) is 5. The fourth-order valence-electron chi connectivity index (χ4n) is 1.62. The Morgan fingerprint density at radius 1 is 1.57 bits per heavy atom. The maximum absolute atomic E-state index is 9.48. The van der Waals surface area contributed by atoms with E-state index in [0.717, 1.165) is 24.4 Å². The molecule has 0 bridgehead atoms. The maximum Gasteiger partial charge on any atom is 0.123 e. The fourth-order valence-corrected chi connectivity index (χ4v) is 2.17. The third-order valence-corrected chi connectivity index (χ3v) is 3.74. The zero-order valence-electron chi connectivity index (χ0n) is 13.2. The molecule has 0 aliphatic rings. The minimum atomic E-state index is -0.470. The third kappa shape index (κ3) is 6.87. The number of aromatic nitrogens is 1. The zero-order valence-corrected chi connectivity index (χ0v) is 14.0. The van der Waals surface area contributed by atoms with Crippen LogP contribution in [0, 0.1) is 11.8 Å². The highest BCUT2D eigenvalue weighted by Gasteiger charge is 2.11. The molecule has 0 atom stereocenters. The smallest absolute Gasteiger partial charge is 0.123 e. The topological polar surface area (TPSA) is 45.6 Å². The van der Waals surface area contributed by atoms with Crippen molar-refractivity contribution in [2.45, 2.75) is 32.9 Å². The van der Waals surface area contributed by atoms with Gasteiger partial charge in [-0.15, -0.1) is 11.3 Å². The van der Waals surface area contributed by atoms with Gasteiger partial charge in [-0.3, -0.25) is 4.90 Å². The van der Waals surface area contributed by atoms with Gasteiger partial charge in [-0.2, -0.15) is 0 Å². The van der Waals surface area contributed by atoms with Crippen molar-refractivity contribution in [1.82, 2.24) is 9.88 Å². The van der Waals surface area contributed by atoms with Crippen LogP contribution in [0.5, 0.6) is 0 Å². The molecule has 116 valence electrons. The van der Waals surface area contributed by atoms with Crippen molar-refractivity contribution in [2.24, 2.45) is 0 Å². The Kier molecular flexibility index (Phi) is 7.62. The molecule has 0 fully saturated rings. The van der Waals surface area contributed by atoms with Crippen LogP contribution in [0.15, 0.2) is 22.5 Å². The molecular weight excluding hydrogens is 284 g/mol. The zero-order chi connectivity index (χ0) is 15.7. The lowest BCUT2D eigenvalue weighted by Gasteiger charge is -2.20. The van der Waals surface area contributed by atoms with Gasteiger partial charge < -0.3 is 9.84 Å². The van der Waals surface area contributed by atoms with Crippen molar-refractivity contribution in [2.75, 3.05) is 26.8 Å². The number of aliphatic hydroxyl groups is 1. The monoisotopic (exact) mass is 308 g/mol. The molecule has 0 amide bonds. The highest BCUT2D eigenvalue weighted by molar-refractivity contribution is 7.07. The number of methoxy groups -OCH3 is 1. The molecule has 1 rings (SSSR count). The highest BCUT2D eigenvalue weighted by atomic mass is 32.1. The van der Waals surface area contributed by atoms with Gasteiger partial charge in [-0.25, -0.2) is 4.98 Å². The van der Waals surface area contributed by atoms with E-state index in [4.69, 9.17) is 4.74 Å². The first-order valence-electron chi connectivity index (χ1n) is 6.96. The number of likely N-dealkylation sites (N-methyl/N-ethyl adjacent to an activating group) is 1. The number of thiazole rings is 1. The molecule has 1 aromatic rings. The SMILES string of the molecule is CCN(C/C(=C\C#CC(C)(C)OC)CO)Cc1cscn1.